The van der Waals surface area contributed by atoms with E-state index in [4.69, 9.17) is 4.74 Å². The van der Waals surface area contributed by atoms with Crippen LogP contribution in [0.2, 0.25) is 0 Å². The van der Waals surface area contributed by atoms with Crippen molar-refractivity contribution in [2.24, 2.45) is 13.0 Å². The van der Waals surface area contributed by atoms with Crippen molar-refractivity contribution in [1.82, 2.24) is 4.57 Å². The zero-order valence-electron chi connectivity index (χ0n) is 16.5. The number of nitrogens with zero attached hydrogens (tertiary/aromatic N) is 1. The quantitative estimate of drug-likeness (QED) is 0.734. The van der Waals surface area contributed by atoms with Crippen molar-refractivity contribution in [3.8, 4) is 5.75 Å². The van der Waals surface area contributed by atoms with Crippen LogP contribution in [-0.2, 0) is 13.7 Å². The molecule has 3 atom stereocenters. The highest BCUT2D eigenvalue weighted by Gasteiger charge is 2.27. The van der Waals surface area contributed by atoms with Gasteiger partial charge in [0.15, 0.2) is 0 Å². The van der Waals surface area contributed by atoms with E-state index in [2.05, 4.69) is 25.1 Å². The first-order valence-electron chi connectivity index (χ1n) is 10.0. The molecule has 1 aliphatic rings. The first-order chi connectivity index (χ1) is 13.5. The monoisotopic (exact) mass is 377 g/mol. The normalized spacial score (nSPS) is 22.3. The molecule has 3 unspecified atom stereocenters. The fourth-order valence-electron chi connectivity index (χ4n) is 4.29. The number of ether oxygens (including phenoxy) is 1. The number of pyridine rings is 1. The van der Waals surface area contributed by atoms with Gasteiger partial charge in [-0.05, 0) is 77.9 Å². The van der Waals surface area contributed by atoms with Gasteiger partial charge in [-0.15, -0.1) is 0 Å². The molecule has 1 N–H and O–H groups in total. The van der Waals surface area contributed by atoms with Gasteiger partial charge in [0.25, 0.3) is 5.56 Å². The number of aliphatic hydroxyl groups excluding tert-OH is 1. The number of benzene rings is 2. The number of aliphatic hydroxyl groups is 1. The second-order valence-electron chi connectivity index (χ2n) is 8.04. The molecular weight excluding hydrogens is 350 g/mol. The minimum absolute atomic E-state index is 0.00428. The minimum Gasteiger partial charge on any atom is -0.489 e. The van der Waals surface area contributed by atoms with E-state index in [1.807, 2.05) is 30.3 Å². The number of aromatic nitrogens is 1. The second-order valence-corrected chi connectivity index (χ2v) is 8.04. The Labute approximate surface area is 165 Å². The van der Waals surface area contributed by atoms with E-state index in [9.17, 15) is 9.90 Å². The molecule has 3 aromatic rings. The molecule has 0 saturated heterocycles. The summed E-state index contributed by atoms with van der Waals surface area (Å²) in [5.74, 6) is 1.81. The van der Waals surface area contributed by atoms with Gasteiger partial charge in [-0.2, -0.15) is 0 Å². The van der Waals surface area contributed by atoms with Crippen molar-refractivity contribution in [2.75, 3.05) is 0 Å². The van der Waals surface area contributed by atoms with Gasteiger partial charge in [-0.3, -0.25) is 4.79 Å². The fourth-order valence-corrected chi connectivity index (χ4v) is 4.29. The van der Waals surface area contributed by atoms with E-state index < -0.39 is 0 Å². The largest absolute Gasteiger partial charge is 0.489 e. The Morgan fingerprint density at radius 1 is 1.11 bits per heavy atom. The van der Waals surface area contributed by atoms with Crippen molar-refractivity contribution in [2.45, 2.75) is 44.8 Å². The molecule has 4 heteroatoms. The highest BCUT2D eigenvalue weighted by Crippen LogP contribution is 2.38. The molecule has 1 saturated carbocycles. The van der Waals surface area contributed by atoms with Crippen LogP contribution in [0.25, 0.3) is 10.9 Å². The predicted octanol–water partition coefficient (Wildman–Crippen LogP) is 4.38. The summed E-state index contributed by atoms with van der Waals surface area (Å²) < 4.78 is 7.71. The van der Waals surface area contributed by atoms with Crippen LogP contribution in [0.5, 0.6) is 5.75 Å². The van der Waals surface area contributed by atoms with Gasteiger partial charge in [0, 0.05) is 13.1 Å². The van der Waals surface area contributed by atoms with E-state index in [1.165, 1.54) is 5.56 Å². The van der Waals surface area contributed by atoms with Crippen LogP contribution in [0.15, 0.2) is 59.4 Å². The molecule has 0 spiro atoms. The van der Waals surface area contributed by atoms with Crippen molar-refractivity contribution < 1.29 is 9.84 Å². The van der Waals surface area contributed by atoms with Crippen LogP contribution in [0.4, 0.5) is 0 Å². The Bertz CT molecular complexity index is 1040. The summed E-state index contributed by atoms with van der Waals surface area (Å²) in [5, 5.41) is 11.1. The van der Waals surface area contributed by atoms with Gasteiger partial charge >= 0.3 is 0 Å². The van der Waals surface area contributed by atoms with E-state index in [0.717, 1.165) is 41.5 Å². The zero-order valence-corrected chi connectivity index (χ0v) is 16.5. The molecule has 28 heavy (non-hydrogen) atoms. The molecule has 1 aliphatic carbocycles. The number of hydrogen-bond donors (Lipinski definition) is 1. The van der Waals surface area contributed by atoms with E-state index >= 15 is 0 Å². The third-order valence-electron chi connectivity index (χ3n) is 6.05. The molecular formula is C24H27NO3. The molecule has 1 fully saturated rings. The Kier molecular flexibility index (Phi) is 5.23. The van der Waals surface area contributed by atoms with Crippen LogP contribution in [0, 0.1) is 5.92 Å². The SMILES string of the molecule is CC1CCC(O)CC1c1cccc(OCc2ccc3c(ccc(=O)n3C)c2)c1. The summed E-state index contributed by atoms with van der Waals surface area (Å²) in [5.41, 5.74) is 3.23. The molecule has 0 amide bonds. The Morgan fingerprint density at radius 3 is 2.82 bits per heavy atom. The second kappa shape index (κ2) is 7.80. The topological polar surface area (TPSA) is 51.5 Å². The average molecular weight is 377 g/mol. The van der Waals surface area contributed by atoms with Crippen LogP contribution < -0.4 is 10.3 Å². The number of aryl methyl sites for hydroxylation is 1. The molecule has 1 aromatic heterocycles. The predicted molar refractivity (Wildman–Crippen MR) is 112 cm³/mol. The number of rotatable bonds is 4. The van der Waals surface area contributed by atoms with Gasteiger partial charge in [0.05, 0.1) is 11.6 Å². The number of hydrogen-bond acceptors (Lipinski definition) is 3. The Hall–Kier alpha value is -2.59. The summed E-state index contributed by atoms with van der Waals surface area (Å²) in [6, 6.07) is 17.8. The third kappa shape index (κ3) is 3.83. The maximum atomic E-state index is 11.8. The van der Waals surface area contributed by atoms with Gasteiger partial charge in [0.2, 0.25) is 0 Å². The average Bonchev–Trinajstić information content (AvgIpc) is 2.71. The number of fused-ring (bicyclic) bond motifs is 1. The molecule has 146 valence electrons. The van der Waals surface area contributed by atoms with Crippen LogP contribution in [-0.4, -0.2) is 15.8 Å². The lowest BCUT2D eigenvalue weighted by Crippen LogP contribution is -2.24. The lowest BCUT2D eigenvalue weighted by atomic mass is 9.75. The molecule has 0 radical (unpaired) electrons. The molecule has 4 nitrogen and oxygen atoms in total. The first-order valence-corrected chi connectivity index (χ1v) is 10.0. The minimum atomic E-state index is -0.195. The van der Waals surface area contributed by atoms with E-state index in [-0.39, 0.29) is 11.7 Å². The van der Waals surface area contributed by atoms with Gasteiger partial charge in [0.1, 0.15) is 12.4 Å². The maximum absolute atomic E-state index is 11.8. The summed E-state index contributed by atoms with van der Waals surface area (Å²) >= 11 is 0. The van der Waals surface area contributed by atoms with Crippen LogP contribution in [0.3, 0.4) is 0 Å². The standard InChI is InChI=1S/C24H27NO3/c1-16-6-9-20(26)14-22(16)18-4-3-5-21(13-18)28-15-17-7-10-23-19(12-17)8-11-24(27)25(23)2/h3-5,7-8,10-13,16,20,22,26H,6,9,14-15H2,1-2H3. The lowest BCUT2D eigenvalue weighted by molar-refractivity contribution is 0.0981. The van der Waals surface area contributed by atoms with Crippen LogP contribution >= 0.6 is 0 Å². The molecule has 2 aromatic carbocycles. The van der Waals surface area contributed by atoms with Crippen molar-refractivity contribution in [3.05, 3.63) is 76.1 Å². The maximum Gasteiger partial charge on any atom is 0.250 e. The van der Waals surface area contributed by atoms with Gasteiger partial charge in [-0.25, -0.2) is 0 Å². The van der Waals surface area contributed by atoms with Crippen molar-refractivity contribution >= 4 is 10.9 Å². The lowest BCUT2D eigenvalue weighted by Gasteiger charge is -2.32. The Morgan fingerprint density at radius 2 is 1.96 bits per heavy atom. The van der Waals surface area contributed by atoms with Crippen LogP contribution in [0.1, 0.15) is 43.2 Å². The van der Waals surface area contributed by atoms with E-state index in [1.54, 1.807) is 17.7 Å². The smallest absolute Gasteiger partial charge is 0.250 e. The fraction of sp³-hybridized carbons (Fsp3) is 0.375. The summed E-state index contributed by atoms with van der Waals surface area (Å²) in [6.45, 7) is 2.75. The van der Waals surface area contributed by atoms with E-state index in [0.29, 0.717) is 18.4 Å². The van der Waals surface area contributed by atoms with Gasteiger partial charge in [-0.1, -0.05) is 25.1 Å². The third-order valence-corrected chi connectivity index (χ3v) is 6.05. The molecule has 1 heterocycles. The highest BCUT2D eigenvalue weighted by molar-refractivity contribution is 5.79. The van der Waals surface area contributed by atoms with Crippen molar-refractivity contribution in [1.29, 1.82) is 0 Å². The summed E-state index contributed by atoms with van der Waals surface area (Å²) in [6.07, 6.45) is 2.60. The molecule has 0 aliphatic heterocycles. The first kappa shape index (κ1) is 18.8. The zero-order chi connectivity index (χ0) is 19.7. The van der Waals surface area contributed by atoms with Gasteiger partial charge < -0.3 is 14.4 Å². The Balaban J connectivity index is 1.50. The summed E-state index contributed by atoms with van der Waals surface area (Å²) in [4.78, 5) is 11.8. The molecule has 0 bridgehead atoms. The molecule has 4 rings (SSSR count). The highest BCUT2D eigenvalue weighted by atomic mass is 16.5. The summed E-state index contributed by atoms with van der Waals surface area (Å²) in [7, 11) is 1.79. The van der Waals surface area contributed by atoms with Crippen molar-refractivity contribution in [3.63, 3.8) is 0 Å².